The van der Waals surface area contributed by atoms with Gasteiger partial charge in [0, 0.05) is 7.05 Å². The van der Waals surface area contributed by atoms with Gasteiger partial charge in [-0.05, 0) is 0 Å². The molecule has 62 valence electrons. The zero-order valence-corrected chi connectivity index (χ0v) is 6.36. The molecule has 1 amide bonds. The molecule has 1 atom stereocenters. The van der Waals surface area contributed by atoms with Crippen molar-refractivity contribution in [2.45, 2.75) is 6.04 Å². The summed E-state index contributed by atoms with van der Waals surface area (Å²) < 4.78 is 9.03. The maximum atomic E-state index is 10.9. The van der Waals surface area contributed by atoms with Crippen molar-refractivity contribution in [2.75, 3.05) is 20.8 Å². The Balaban J connectivity index is 2.61. The molecule has 0 aliphatic carbocycles. The Morgan fingerprint density at radius 3 is 2.82 bits per heavy atom. The van der Waals surface area contributed by atoms with E-state index in [4.69, 9.17) is 0 Å². The maximum Gasteiger partial charge on any atom is 0.410 e. The quantitative estimate of drug-likeness (QED) is 0.489. The molecule has 1 fully saturated rings. The summed E-state index contributed by atoms with van der Waals surface area (Å²) in [7, 11) is 2.77. The Morgan fingerprint density at radius 1 is 1.82 bits per heavy atom. The lowest BCUT2D eigenvalue weighted by Gasteiger charge is -2.12. The summed E-state index contributed by atoms with van der Waals surface area (Å²) in [6, 6.07) is -0.576. The van der Waals surface area contributed by atoms with Crippen molar-refractivity contribution >= 4 is 12.1 Å². The maximum absolute atomic E-state index is 10.9. The van der Waals surface area contributed by atoms with Gasteiger partial charge in [0.15, 0.2) is 6.04 Å². The normalized spacial score (nSPS) is 23.3. The van der Waals surface area contributed by atoms with Crippen LogP contribution in [0.4, 0.5) is 4.79 Å². The molecule has 5 heteroatoms. The summed E-state index contributed by atoms with van der Waals surface area (Å²) in [6.07, 6.45) is -0.486. The van der Waals surface area contributed by atoms with Gasteiger partial charge in [-0.1, -0.05) is 0 Å². The van der Waals surface area contributed by atoms with Crippen molar-refractivity contribution in [3.8, 4) is 0 Å². The highest BCUT2D eigenvalue weighted by atomic mass is 16.6. The van der Waals surface area contributed by atoms with Crippen LogP contribution in [-0.4, -0.2) is 43.8 Å². The van der Waals surface area contributed by atoms with Crippen LogP contribution in [-0.2, 0) is 14.3 Å². The van der Waals surface area contributed by atoms with Crippen LogP contribution in [0.25, 0.3) is 0 Å². The van der Waals surface area contributed by atoms with Crippen LogP contribution in [0.15, 0.2) is 0 Å². The second-order valence-corrected chi connectivity index (χ2v) is 2.23. The molecule has 1 saturated heterocycles. The fourth-order valence-corrected chi connectivity index (χ4v) is 0.853. The molecule has 11 heavy (non-hydrogen) atoms. The lowest BCUT2D eigenvalue weighted by Crippen LogP contribution is -2.37. The predicted molar refractivity (Wildman–Crippen MR) is 34.9 cm³/mol. The first kappa shape index (κ1) is 7.84. The largest absolute Gasteiger partial charge is 0.467 e. The summed E-state index contributed by atoms with van der Waals surface area (Å²) in [5.74, 6) is -0.446. The Morgan fingerprint density at radius 2 is 2.45 bits per heavy atom. The number of methoxy groups -OCH3 is 1. The molecule has 1 aliphatic rings. The third-order valence-electron chi connectivity index (χ3n) is 1.59. The second-order valence-electron chi connectivity index (χ2n) is 2.23. The van der Waals surface area contributed by atoms with Crippen LogP contribution in [0.1, 0.15) is 0 Å². The Hall–Kier alpha value is -1.26. The number of carbonyl (C=O) groups excluding carboxylic acids is 2. The van der Waals surface area contributed by atoms with Crippen LogP contribution in [0.2, 0.25) is 0 Å². The summed E-state index contributed by atoms with van der Waals surface area (Å²) in [5.41, 5.74) is 0. The van der Waals surface area contributed by atoms with E-state index in [1.807, 2.05) is 0 Å². The van der Waals surface area contributed by atoms with Crippen molar-refractivity contribution in [1.82, 2.24) is 4.90 Å². The molecular weight excluding hydrogens is 150 g/mol. The van der Waals surface area contributed by atoms with Crippen LogP contribution in [0.5, 0.6) is 0 Å². The van der Waals surface area contributed by atoms with E-state index in [0.29, 0.717) is 0 Å². The van der Waals surface area contributed by atoms with Crippen LogP contribution < -0.4 is 0 Å². The van der Waals surface area contributed by atoms with Crippen molar-refractivity contribution in [3.63, 3.8) is 0 Å². The summed E-state index contributed by atoms with van der Waals surface area (Å²) in [6.45, 7) is 0.0853. The van der Waals surface area contributed by atoms with Gasteiger partial charge < -0.3 is 9.47 Å². The first-order chi connectivity index (χ1) is 5.16. The molecular formula is C6H9NO4. The highest BCUT2D eigenvalue weighted by molar-refractivity contribution is 5.83. The smallest absolute Gasteiger partial charge is 0.410 e. The van der Waals surface area contributed by atoms with Crippen LogP contribution in [0, 0.1) is 0 Å². The standard InChI is InChI=1S/C6H9NO4/c1-7-4(5(8)10-2)3-11-6(7)9/h4H,3H2,1-2H3/t4-/m1/s1. The molecule has 0 unspecified atom stereocenters. The molecule has 0 saturated carbocycles. The van der Waals surface area contributed by atoms with Gasteiger partial charge in [0.25, 0.3) is 0 Å². The minimum atomic E-state index is -0.576. The van der Waals surface area contributed by atoms with Gasteiger partial charge in [0.05, 0.1) is 7.11 Å². The van der Waals surface area contributed by atoms with E-state index in [1.165, 1.54) is 19.1 Å². The predicted octanol–water partition coefficient (Wildman–Crippen LogP) is -0.390. The third-order valence-corrected chi connectivity index (χ3v) is 1.59. The van der Waals surface area contributed by atoms with Crippen molar-refractivity contribution in [2.24, 2.45) is 0 Å². The van der Waals surface area contributed by atoms with Gasteiger partial charge in [-0.2, -0.15) is 0 Å². The van der Waals surface area contributed by atoms with Gasteiger partial charge in [-0.15, -0.1) is 0 Å². The molecule has 1 aliphatic heterocycles. The molecule has 0 aromatic rings. The lowest BCUT2D eigenvalue weighted by molar-refractivity contribution is -0.144. The molecule has 0 bridgehead atoms. The van der Waals surface area contributed by atoms with Crippen molar-refractivity contribution in [3.05, 3.63) is 0 Å². The first-order valence-corrected chi connectivity index (χ1v) is 3.14. The fraction of sp³-hybridized carbons (Fsp3) is 0.667. The van der Waals surface area contributed by atoms with Gasteiger partial charge >= 0.3 is 12.1 Å². The van der Waals surface area contributed by atoms with Crippen LogP contribution in [0.3, 0.4) is 0 Å². The number of hydrogen-bond donors (Lipinski definition) is 0. The zero-order valence-electron chi connectivity index (χ0n) is 6.36. The minimum absolute atomic E-state index is 0.0853. The number of rotatable bonds is 1. The Bertz CT molecular complexity index is 191. The molecule has 0 radical (unpaired) electrons. The molecule has 5 nitrogen and oxygen atoms in total. The highest BCUT2D eigenvalue weighted by Crippen LogP contribution is 2.09. The number of nitrogens with zero attached hydrogens (tertiary/aromatic N) is 1. The number of carbonyl (C=O) groups is 2. The summed E-state index contributed by atoms with van der Waals surface area (Å²) >= 11 is 0. The second kappa shape index (κ2) is 2.77. The molecule has 1 heterocycles. The molecule has 1 rings (SSSR count). The molecule has 0 aromatic carbocycles. The van der Waals surface area contributed by atoms with Gasteiger partial charge in [0.2, 0.25) is 0 Å². The SMILES string of the molecule is COC(=O)[C@H]1COC(=O)N1C. The van der Waals surface area contributed by atoms with Crippen molar-refractivity contribution < 1.29 is 19.1 Å². The number of amides is 1. The molecule has 0 N–H and O–H groups in total. The van der Waals surface area contributed by atoms with Crippen LogP contribution >= 0.6 is 0 Å². The zero-order chi connectivity index (χ0) is 8.43. The van der Waals surface area contributed by atoms with Gasteiger partial charge in [0.1, 0.15) is 6.61 Å². The molecule has 0 spiro atoms. The number of hydrogen-bond acceptors (Lipinski definition) is 4. The number of ether oxygens (including phenoxy) is 2. The number of likely N-dealkylation sites (N-methyl/N-ethyl adjacent to an activating group) is 1. The minimum Gasteiger partial charge on any atom is -0.467 e. The van der Waals surface area contributed by atoms with E-state index in [2.05, 4.69) is 9.47 Å². The monoisotopic (exact) mass is 159 g/mol. The first-order valence-electron chi connectivity index (χ1n) is 3.14. The number of esters is 1. The summed E-state index contributed by atoms with van der Waals surface area (Å²) in [4.78, 5) is 22.8. The van der Waals surface area contributed by atoms with E-state index in [0.717, 1.165) is 0 Å². The third kappa shape index (κ3) is 1.26. The van der Waals surface area contributed by atoms with E-state index in [1.54, 1.807) is 0 Å². The highest BCUT2D eigenvalue weighted by Gasteiger charge is 2.35. The molecule has 0 aromatic heterocycles. The van der Waals surface area contributed by atoms with Gasteiger partial charge in [-0.3, -0.25) is 4.90 Å². The Labute approximate surface area is 63.9 Å². The van der Waals surface area contributed by atoms with E-state index < -0.39 is 18.1 Å². The number of cyclic esters (lactones) is 1. The van der Waals surface area contributed by atoms with E-state index >= 15 is 0 Å². The lowest BCUT2D eigenvalue weighted by atomic mass is 10.3. The average molecular weight is 159 g/mol. The van der Waals surface area contributed by atoms with Crippen molar-refractivity contribution in [1.29, 1.82) is 0 Å². The summed E-state index contributed by atoms with van der Waals surface area (Å²) in [5, 5.41) is 0. The van der Waals surface area contributed by atoms with E-state index in [9.17, 15) is 9.59 Å². The topological polar surface area (TPSA) is 55.8 Å². The van der Waals surface area contributed by atoms with E-state index in [-0.39, 0.29) is 6.61 Å². The van der Waals surface area contributed by atoms with Gasteiger partial charge in [-0.25, -0.2) is 9.59 Å². The Kier molecular flexibility index (Phi) is 1.98. The average Bonchev–Trinajstić information content (AvgIpc) is 2.32. The fourth-order valence-electron chi connectivity index (χ4n) is 0.853.